The number of hydrogen-bond acceptors (Lipinski definition) is 3. The molecule has 19 heavy (non-hydrogen) atoms. The predicted molar refractivity (Wildman–Crippen MR) is 71.6 cm³/mol. The highest BCUT2D eigenvalue weighted by atomic mass is 16.2. The Bertz CT molecular complexity index is 535. The van der Waals surface area contributed by atoms with E-state index in [1.165, 1.54) is 4.90 Å². The number of hydrogen-bond donors (Lipinski definition) is 2. The van der Waals surface area contributed by atoms with E-state index in [1.807, 2.05) is 12.1 Å². The second-order valence-corrected chi connectivity index (χ2v) is 5.23. The summed E-state index contributed by atoms with van der Waals surface area (Å²) < 4.78 is 0. The maximum Gasteiger partial charge on any atom is 0.329 e. The lowest BCUT2D eigenvalue weighted by Crippen LogP contribution is -2.44. The van der Waals surface area contributed by atoms with Crippen LogP contribution in [-0.2, 0) is 11.3 Å². The van der Waals surface area contributed by atoms with Crippen LogP contribution in [0, 0.1) is 0 Å². The van der Waals surface area contributed by atoms with E-state index >= 15 is 0 Å². The minimum absolute atomic E-state index is 0.121. The average Bonchev–Trinajstić information content (AvgIpc) is 2.97. The molecule has 5 heteroatoms. The number of nitrogens with one attached hydrogen (secondary N) is 1. The maximum absolute atomic E-state index is 12.6. The van der Waals surface area contributed by atoms with Crippen LogP contribution in [0.1, 0.15) is 31.2 Å². The number of nitrogens with zero attached hydrogens (tertiary/aromatic N) is 1. The zero-order valence-electron chi connectivity index (χ0n) is 10.7. The molecular formula is C14H17N3O2. The maximum atomic E-state index is 12.6. The van der Waals surface area contributed by atoms with Crippen LogP contribution in [0.15, 0.2) is 24.3 Å². The Balaban J connectivity index is 1.96. The van der Waals surface area contributed by atoms with E-state index in [0.29, 0.717) is 12.2 Å². The molecular weight excluding hydrogens is 242 g/mol. The molecule has 3 rings (SSSR count). The van der Waals surface area contributed by atoms with Gasteiger partial charge in [0.25, 0.3) is 5.91 Å². The highest BCUT2D eigenvalue weighted by Gasteiger charge is 2.52. The molecule has 0 radical (unpaired) electrons. The van der Waals surface area contributed by atoms with E-state index in [0.717, 1.165) is 31.2 Å². The van der Waals surface area contributed by atoms with Crippen LogP contribution in [0.2, 0.25) is 0 Å². The third-order valence-electron chi connectivity index (χ3n) is 4.02. The molecule has 1 heterocycles. The number of amides is 3. The van der Waals surface area contributed by atoms with Crippen LogP contribution in [-0.4, -0.2) is 17.5 Å². The van der Waals surface area contributed by atoms with E-state index < -0.39 is 5.54 Å². The van der Waals surface area contributed by atoms with Gasteiger partial charge < -0.3 is 11.1 Å². The zero-order valence-corrected chi connectivity index (χ0v) is 10.7. The summed E-state index contributed by atoms with van der Waals surface area (Å²) in [4.78, 5) is 25.9. The molecule has 0 atom stereocenters. The SMILES string of the molecule is NCc1cccc(N2C(=O)NC3(CCCC3)C2=O)c1. The van der Waals surface area contributed by atoms with Crippen molar-refractivity contribution in [3.05, 3.63) is 29.8 Å². The van der Waals surface area contributed by atoms with Crippen LogP contribution in [0.25, 0.3) is 0 Å². The minimum Gasteiger partial charge on any atom is -0.326 e. The molecule has 2 fully saturated rings. The highest BCUT2D eigenvalue weighted by molar-refractivity contribution is 6.23. The van der Waals surface area contributed by atoms with Crippen molar-refractivity contribution >= 4 is 17.6 Å². The van der Waals surface area contributed by atoms with Gasteiger partial charge in [-0.25, -0.2) is 9.69 Å². The number of rotatable bonds is 2. The van der Waals surface area contributed by atoms with Gasteiger partial charge in [-0.05, 0) is 30.5 Å². The summed E-state index contributed by atoms with van der Waals surface area (Å²) in [6.45, 7) is 0.392. The molecule has 1 aromatic carbocycles. The van der Waals surface area contributed by atoms with Gasteiger partial charge in [0.15, 0.2) is 0 Å². The van der Waals surface area contributed by atoms with Crippen molar-refractivity contribution in [3.8, 4) is 0 Å². The molecule has 1 aromatic rings. The third kappa shape index (κ3) is 1.81. The van der Waals surface area contributed by atoms with Gasteiger partial charge in [0.2, 0.25) is 0 Å². The van der Waals surface area contributed by atoms with Gasteiger partial charge >= 0.3 is 6.03 Å². The Hall–Kier alpha value is -1.88. The largest absolute Gasteiger partial charge is 0.329 e. The van der Waals surface area contributed by atoms with Crippen molar-refractivity contribution in [1.82, 2.24) is 5.32 Å². The molecule has 3 N–H and O–H groups in total. The molecule has 1 saturated carbocycles. The summed E-state index contributed by atoms with van der Waals surface area (Å²) in [6.07, 6.45) is 3.46. The van der Waals surface area contributed by atoms with Gasteiger partial charge in [0.05, 0.1) is 5.69 Å². The molecule has 0 bridgehead atoms. The van der Waals surface area contributed by atoms with Crippen molar-refractivity contribution in [3.63, 3.8) is 0 Å². The van der Waals surface area contributed by atoms with Crippen LogP contribution in [0.4, 0.5) is 10.5 Å². The number of anilines is 1. The van der Waals surface area contributed by atoms with Crippen LogP contribution in [0.3, 0.4) is 0 Å². The molecule has 1 spiro atoms. The summed E-state index contributed by atoms with van der Waals surface area (Å²) >= 11 is 0. The first-order valence-electron chi connectivity index (χ1n) is 6.62. The van der Waals surface area contributed by atoms with Crippen molar-refractivity contribution in [2.75, 3.05) is 4.90 Å². The number of carbonyl (C=O) groups is 2. The highest BCUT2D eigenvalue weighted by Crippen LogP contribution is 2.36. The van der Waals surface area contributed by atoms with E-state index in [1.54, 1.807) is 12.1 Å². The topological polar surface area (TPSA) is 75.4 Å². The van der Waals surface area contributed by atoms with Crippen molar-refractivity contribution in [2.45, 2.75) is 37.8 Å². The van der Waals surface area contributed by atoms with Crippen LogP contribution in [0.5, 0.6) is 0 Å². The Labute approximate surface area is 111 Å². The van der Waals surface area contributed by atoms with Gasteiger partial charge in [-0.15, -0.1) is 0 Å². The first kappa shape index (κ1) is 12.2. The Morgan fingerprint density at radius 3 is 2.68 bits per heavy atom. The van der Waals surface area contributed by atoms with Gasteiger partial charge in [-0.1, -0.05) is 25.0 Å². The molecule has 1 aliphatic carbocycles. The third-order valence-corrected chi connectivity index (χ3v) is 4.02. The average molecular weight is 259 g/mol. The summed E-state index contributed by atoms with van der Waals surface area (Å²) in [5.41, 5.74) is 6.45. The first-order valence-corrected chi connectivity index (χ1v) is 6.62. The fraction of sp³-hybridized carbons (Fsp3) is 0.429. The van der Waals surface area contributed by atoms with E-state index in [4.69, 9.17) is 5.73 Å². The summed E-state index contributed by atoms with van der Waals surface area (Å²) in [7, 11) is 0. The Morgan fingerprint density at radius 1 is 1.26 bits per heavy atom. The summed E-state index contributed by atoms with van der Waals surface area (Å²) in [6, 6.07) is 6.95. The molecule has 3 amide bonds. The molecule has 100 valence electrons. The Morgan fingerprint density at radius 2 is 2.00 bits per heavy atom. The lowest BCUT2D eigenvalue weighted by molar-refractivity contribution is -0.121. The first-order chi connectivity index (χ1) is 9.16. The van der Waals surface area contributed by atoms with Crippen LogP contribution < -0.4 is 16.0 Å². The second-order valence-electron chi connectivity index (χ2n) is 5.23. The molecule has 0 unspecified atom stereocenters. The molecule has 5 nitrogen and oxygen atoms in total. The van der Waals surface area contributed by atoms with Gasteiger partial charge in [-0.3, -0.25) is 4.79 Å². The van der Waals surface area contributed by atoms with E-state index in [9.17, 15) is 9.59 Å². The van der Waals surface area contributed by atoms with Crippen molar-refractivity contribution in [1.29, 1.82) is 0 Å². The zero-order chi connectivity index (χ0) is 13.5. The fourth-order valence-electron chi connectivity index (χ4n) is 2.99. The summed E-state index contributed by atoms with van der Waals surface area (Å²) in [5.74, 6) is -0.121. The van der Waals surface area contributed by atoms with Crippen LogP contribution >= 0.6 is 0 Å². The molecule has 0 aromatic heterocycles. The smallest absolute Gasteiger partial charge is 0.326 e. The van der Waals surface area contributed by atoms with E-state index in [2.05, 4.69) is 5.32 Å². The number of urea groups is 1. The lowest BCUT2D eigenvalue weighted by Gasteiger charge is -2.20. The van der Waals surface area contributed by atoms with Crippen molar-refractivity contribution < 1.29 is 9.59 Å². The van der Waals surface area contributed by atoms with E-state index in [-0.39, 0.29) is 11.9 Å². The predicted octanol–water partition coefficient (Wildman–Crippen LogP) is 1.51. The van der Waals surface area contributed by atoms with Gasteiger partial charge in [-0.2, -0.15) is 0 Å². The number of benzene rings is 1. The summed E-state index contributed by atoms with van der Waals surface area (Å²) in [5, 5.41) is 2.87. The second kappa shape index (κ2) is 4.35. The monoisotopic (exact) mass is 259 g/mol. The molecule has 1 aliphatic heterocycles. The number of nitrogens with two attached hydrogens (primary N) is 1. The Kier molecular flexibility index (Phi) is 2.78. The molecule has 1 saturated heterocycles. The molecule has 2 aliphatic rings. The number of carbonyl (C=O) groups excluding carboxylic acids is 2. The lowest BCUT2D eigenvalue weighted by atomic mass is 9.98. The van der Waals surface area contributed by atoms with Gasteiger partial charge in [0.1, 0.15) is 5.54 Å². The number of imide groups is 1. The van der Waals surface area contributed by atoms with Gasteiger partial charge in [0, 0.05) is 6.54 Å². The normalized spacial score (nSPS) is 21.2. The fourth-order valence-corrected chi connectivity index (χ4v) is 2.99. The van der Waals surface area contributed by atoms with Crippen molar-refractivity contribution in [2.24, 2.45) is 5.73 Å². The quantitative estimate of drug-likeness (QED) is 0.790. The standard InChI is InChI=1S/C14H17N3O2/c15-9-10-4-3-5-11(8-10)17-12(18)14(16-13(17)19)6-1-2-7-14/h3-5,8H,1-2,6-7,9,15H2,(H,16,19). The minimum atomic E-state index is -0.657.